The SMILES string of the molecule is CCNC(C)(CCCCOC(C)(C)CC)C(=O)OCC. The Balaban J connectivity index is 4.13. The van der Waals surface area contributed by atoms with Crippen LogP contribution >= 0.6 is 0 Å². The van der Waals surface area contributed by atoms with Crippen molar-refractivity contribution in [2.75, 3.05) is 19.8 Å². The van der Waals surface area contributed by atoms with Gasteiger partial charge < -0.3 is 14.8 Å². The summed E-state index contributed by atoms with van der Waals surface area (Å²) in [6.45, 7) is 14.0. The zero-order valence-corrected chi connectivity index (χ0v) is 14.2. The van der Waals surface area contributed by atoms with Gasteiger partial charge in [0.2, 0.25) is 0 Å². The molecule has 0 aliphatic heterocycles. The van der Waals surface area contributed by atoms with Gasteiger partial charge in [0.1, 0.15) is 5.54 Å². The minimum Gasteiger partial charge on any atom is -0.465 e. The van der Waals surface area contributed by atoms with E-state index in [2.05, 4.69) is 26.1 Å². The van der Waals surface area contributed by atoms with Crippen LogP contribution in [-0.2, 0) is 14.3 Å². The number of hydrogen-bond acceptors (Lipinski definition) is 4. The number of esters is 1. The molecule has 0 aromatic heterocycles. The second-order valence-corrected chi connectivity index (χ2v) is 6.00. The first-order valence-electron chi connectivity index (χ1n) is 7.87. The maximum atomic E-state index is 12.0. The van der Waals surface area contributed by atoms with Crippen LogP contribution in [0.1, 0.15) is 67.2 Å². The van der Waals surface area contributed by atoms with Gasteiger partial charge >= 0.3 is 5.97 Å². The first-order valence-corrected chi connectivity index (χ1v) is 7.87. The lowest BCUT2D eigenvalue weighted by Gasteiger charge is -2.28. The molecule has 1 N–H and O–H groups in total. The molecule has 0 bridgehead atoms. The highest BCUT2D eigenvalue weighted by molar-refractivity contribution is 5.80. The van der Waals surface area contributed by atoms with Gasteiger partial charge in [0.25, 0.3) is 0 Å². The average molecular weight is 287 g/mol. The highest BCUT2D eigenvalue weighted by atomic mass is 16.5. The van der Waals surface area contributed by atoms with E-state index in [4.69, 9.17) is 9.47 Å². The van der Waals surface area contributed by atoms with E-state index in [9.17, 15) is 4.79 Å². The number of rotatable bonds is 11. The Morgan fingerprint density at radius 3 is 2.25 bits per heavy atom. The summed E-state index contributed by atoms with van der Waals surface area (Å²) < 4.78 is 11.0. The summed E-state index contributed by atoms with van der Waals surface area (Å²) in [5.41, 5.74) is -0.628. The zero-order valence-electron chi connectivity index (χ0n) is 14.2. The summed E-state index contributed by atoms with van der Waals surface area (Å²) in [6.07, 6.45) is 3.69. The van der Waals surface area contributed by atoms with E-state index in [0.29, 0.717) is 6.61 Å². The van der Waals surface area contributed by atoms with Gasteiger partial charge in [-0.15, -0.1) is 0 Å². The molecule has 0 aromatic rings. The second kappa shape index (κ2) is 9.35. The van der Waals surface area contributed by atoms with Gasteiger partial charge in [-0.25, -0.2) is 0 Å². The van der Waals surface area contributed by atoms with E-state index in [-0.39, 0.29) is 11.6 Å². The highest BCUT2D eigenvalue weighted by Crippen LogP contribution is 2.18. The Labute approximate surface area is 124 Å². The van der Waals surface area contributed by atoms with E-state index in [0.717, 1.165) is 38.8 Å². The monoisotopic (exact) mass is 287 g/mol. The predicted octanol–water partition coefficient (Wildman–Crippen LogP) is 3.29. The van der Waals surface area contributed by atoms with Crippen LogP contribution in [0.3, 0.4) is 0 Å². The second-order valence-electron chi connectivity index (χ2n) is 6.00. The van der Waals surface area contributed by atoms with Crippen molar-refractivity contribution in [1.82, 2.24) is 5.32 Å². The van der Waals surface area contributed by atoms with Crippen molar-refractivity contribution < 1.29 is 14.3 Å². The van der Waals surface area contributed by atoms with Crippen LogP contribution in [0.15, 0.2) is 0 Å². The molecule has 0 radical (unpaired) electrons. The van der Waals surface area contributed by atoms with Crippen LogP contribution in [0.25, 0.3) is 0 Å². The minimum absolute atomic E-state index is 0.0495. The Hall–Kier alpha value is -0.610. The smallest absolute Gasteiger partial charge is 0.326 e. The van der Waals surface area contributed by atoms with Gasteiger partial charge in [-0.1, -0.05) is 13.8 Å². The molecule has 1 unspecified atom stereocenters. The van der Waals surface area contributed by atoms with Gasteiger partial charge in [-0.3, -0.25) is 4.79 Å². The van der Waals surface area contributed by atoms with Crippen LogP contribution in [0.4, 0.5) is 0 Å². The fourth-order valence-electron chi connectivity index (χ4n) is 1.97. The van der Waals surface area contributed by atoms with Crippen molar-refractivity contribution in [2.45, 2.75) is 78.4 Å². The maximum absolute atomic E-state index is 12.0. The summed E-state index contributed by atoms with van der Waals surface area (Å²) in [5, 5.41) is 3.25. The van der Waals surface area contributed by atoms with Gasteiger partial charge in [0, 0.05) is 6.61 Å². The van der Waals surface area contributed by atoms with Crippen molar-refractivity contribution >= 4 is 5.97 Å². The molecule has 120 valence electrons. The zero-order chi connectivity index (χ0) is 15.6. The molecule has 0 spiro atoms. The third kappa shape index (κ3) is 7.25. The molecule has 0 saturated carbocycles. The lowest BCUT2D eigenvalue weighted by Crippen LogP contribution is -2.50. The molecule has 0 saturated heterocycles. The molecule has 1 atom stereocenters. The summed E-state index contributed by atoms with van der Waals surface area (Å²) in [4.78, 5) is 12.0. The number of carbonyl (C=O) groups is 1. The number of likely N-dealkylation sites (N-methyl/N-ethyl adjacent to an activating group) is 1. The van der Waals surface area contributed by atoms with Crippen LogP contribution in [0, 0.1) is 0 Å². The molecule has 0 fully saturated rings. The summed E-state index contributed by atoms with van der Waals surface area (Å²) in [5.74, 6) is -0.156. The summed E-state index contributed by atoms with van der Waals surface area (Å²) >= 11 is 0. The van der Waals surface area contributed by atoms with E-state index >= 15 is 0 Å². The van der Waals surface area contributed by atoms with Crippen molar-refractivity contribution in [1.29, 1.82) is 0 Å². The van der Waals surface area contributed by atoms with E-state index in [1.54, 1.807) is 0 Å². The maximum Gasteiger partial charge on any atom is 0.326 e. The van der Waals surface area contributed by atoms with Gasteiger partial charge in [0.15, 0.2) is 0 Å². The van der Waals surface area contributed by atoms with Gasteiger partial charge in [0.05, 0.1) is 12.2 Å². The predicted molar refractivity (Wildman–Crippen MR) is 82.9 cm³/mol. The molecule has 0 aliphatic carbocycles. The van der Waals surface area contributed by atoms with Crippen molar-refractivity contribution in [3.05, 3.63) is 0 Å². The molecule has 0 rings (SSSR count). The molecule has 4 nitrogen and oxygen atoms in total. The number of carbonyl (C=O) groups excluding carboxylic acids is 1. The molecule has 4 heteroatoms. The minimum atomic E-state index is -0.578. The number of nitrogens with one attached hydrogen (secondary N) is 1. The van der Waals surface area contributed by atoms with Crippen molar-refractivity contribution in [2.24, 2.45) is 0 Å². The summed E-state index contributed by atoms with van der Waals surface area (Å²) in [7, 11) is 0. The van der Waals surface area contributed by atoms with Crippen molar-refractivity contribution in [3.8, 4) is 0 Å². The lowest BCUT2D eigenvalue weighted by molar-refractivity contribution is -0.150. The van der Waals surface area contributed by atoms with Crippen molar-refractivity contribution in [3.63, 3.8) is 0 Å². The van der Waals surface area contributed by atoms with E-state index in [1.165, 1.54) is 0 Å². The van der Waals surface area contributed by atoms with E-state index in [1.807, 2.05) is 20.8 Å². The van der Waals surface area contributed by atoms with Crippen LogP contribution < -0.4 is 5.32 Å². The Morgan fingerprint density at radius 1 is 1.10 bits per heavy atom. The Bertz CT molecular complexity index is 279. The Kier molecular flexibility index (Phi) is 9.06. The number of ether oxygens (including phenoxy) is 2. The quantitative estimate of drug-likeness (QED) is 0.468. The fourth-order valence-corrected chi connectivity index (χ4v) is 1.97. The standard InChI is InChI=1S/C16H33NO3/c1-7-15(4,5)20-13-11-10-12-16(6,17-8-2)14(18)19-9-3/h17H,7-13H2,1-6H3. The van der Waals surface area contributed by atoms with E-state index < -0.39 is 5.54 Å². The highest BCUT2D eigenvalue weighted by Gasteiger charge is 2.33. The molecule has 0 amide bonds. The molecular formula is C16H33NO3. The molecule has 20 heavy (non-hydrogen) atoms. The van der Waals surface area contributed by atoms with Crippen LogP contribution in [-0.4, -0.2) is 36.9 Å². The molecule has 0 aliphatic rings. The first kappa shape index (κ1) is 19.4. The summed E-state index contributed by atoms with van der Waals surface area (Å²) in [6, 6.07) is 0. The molecule has 0 heterocycles. The normalized spacial score (nSPS) is 14.9. The number of hydrogen-bond donors (Lipinski definition) is 1. The molecule has 0 aromatic carbocycles. The van der Waals surface area contributed by atoms with Crippen LogP contribution in [0.2, 0.25) is 0 Å². The lowest BCUT2D eigenvalue weighted by atomic mass is 9.94. The van der Waals surface area contributed by atoms with Gasteiger partial charge in [-0.05, 0) is 59.9 Å². The topological polar surface area (TPSA) is 47.6 Å². The average Bonchev–Trinajstić information content (AvgIpc) is 2.39. The third-order valence-electron chi connectivity index (χ3n) is 3.71. The fraction of sp³-hybridized carbons (Fsp3) is 0.938. The largest absolute Gasteiger partial charge is 0.465 e. The first-order chi connectivity index (χ1) is 9.31. The molecular weight excluding hydrogens is 254 g/mol. The van der Waals surface area contributed by atoms with Crippen LogP contribution in [0.5, 0.6) is 0 Å². The number of unbranched alkanes of at least 4 members (excludes halogenated alkanes) is 1. The van der Waals surface area contributed by atoms with Gasteiger partial charge in [-0.2, -0.15) is 0 Å². The Morgan fingerprint density at radius 2 is 1.75 bits per heavy atom. The third-order valence-corrected chi connectivity index (χ3v) is 3.71.